The first-order valence-electron chi connectivity index (χ1n) is 6.58. The first kappa shape index (κ1) is 16.2. The first-order valence-corrected chi connectivity index (χ1v) is 6.58. The Morgan fingerprint density at radius 1 is 0.950 bits per heavy atom. The maximum Gasteiger partial charge on any atom is 0.317 e. The maximum absolute atomic E-state index is 10.8. The molecule has 0 amide bonds. The van der Waals surface area contributed by atoms with E-state index in [4.69, 9.17) is 10.2 Å². The van der Waals surface area contributed by atoms with Crippen LogP contribution < -0.4 is 0 Å². The molecule has 0 fully saturated rings. The van der Waals surface area contributed by atoms with E-state index in [-0.39, 0.29) is 19.1 Å². The summed E-state index contributed by atoms with van der Waals surface area (Å²) >= 11 is 0. The second-order valence-corrected chi connectivity index (χ2v) is 5.19. The average molecular weight is 279 g/mol. The van der Waals surface area contributed by atoms with E-state index in [1.54, 1.807) is 0 Å². The third-order valence-corrected chi connectivity index (χ3v) is 3.31. The fraction of sp³-hybridized carbons (Fsp3) is 0.467. The van der Waals surface area contributed by atoms with Gasteiger partial charge in [-0.15, -0.1) is 0 Å². The number of benzene rings is 1. The van der Waals surface area contributed by atoms with Crippen molar-refractivity contribution in [1.82, 2.24) is 4.90 Å². The molecule has 0 saturated heterocycles. The van der Waals surface area contributed by atoms with Crippen molar-refractivity contribution >= 4 is 11.9 Å². The lowest BCUT2D eigenvalue weighted by Crippen LogP contribution is -2.36. The van der Waals surface area contributed by atoms with E-state index in [1.165, 1.54) is 10.5 Å². The highest BCUT2D eigenvalue weighted by molar-refractivity contribution is 5.72. The molecule has 20 heavy (non-hydrogen) atoms. The van der Waals surface area contributed by atoms with E-state index in [1.807, 2.05) is 31.2 Å². The zero-order valence-electron chi connectivity index (χ0n) is 12.0. The van der Waals surface area contributed by atoms with Crippen LogP contribution in [0.2, 0.25) is 0 Å². The minimum Gasteiger partial charge on any atom is -0.480 e. The molecule has 0 saturated carbocycles. The summed E-state index contributed by atoms with van der Waals surface area (Å²) in [6.45, 7) is 5.42. The Morgan fingerprint density at radius 2 is 1.35 bits per heavy atom. The molecular weight excluding hydrogens is 258 g/mol. The van der Waals surface area contributed by atoms with E-state index in [0.717, 1.165) is 5.56 Å². The van der Waals surface area contributed by atoms with Gasteiger partial charge in [-0.25, -0.2) is 0 Å². The molecule has 0 aliphatic carbocycles. The van der Waals surface area contributed by atoms with Crippen molar-refractivity contribution in [2.24, 2.45) is 0 Å². The van der Waals surface area contributed by atoms with Crippen molar-refractivity contribution in [2.45, 2.75) is 32.7 Å². The van der Waals surface area contributed by atoms with E-state index < -0.39 is 11.9 Å². The molecule has 0 heterocycles. The second kappa shape index (κ2) is 7.05. The zero-order chi connectivity index (χ0) is 15.3. The summed E-state index contributed by atoms with van der Waals surface area (Å²) < 4.78 is 0. The molecule has 0 bridgehead atoms. The van der Waals surface area contributed by atoms with Crippen LogP contribution in [-0.2, 0) is 9.59 Å². The van der Waals surface area contributed by atoms with Gasteiger partial charge in [0.25, 0.3) is 0 Å². The van der Waals surface area contributed by atoms with Crippen molar-refractivity contribution in [3.63, 3.8) is 0 Å². The molecule has 2 N–H and O–H groups in total. The molecule has 5 heteroatoms. The molecule has 1 unspecified atom stereocenters. The van der Waals surface area contributed by atoms with Gasteiger partial charge in [0.2, 0.25) is 0 Å². The number of nitrogens with zero attached hydrogens (tertiary/aromatic N) is 1. The lowest BCUT2D eigenvalue weighted by Gasteiger charge is -2.26. The molecule has 110 valence electrons. The van der Waals surface area contributed by atoms with Crippen LogP contribution in [0.25, 0.3) is 0 Å². The Kier molecular flexibility index (Phi) is 5.70. The van der Waals surface area contributed by atoms with Crippen LogP contribution in [0.3, 0.4) is 0 Å². The van der Waals surface area contributed by atoms with Crippen LogP contribution in [0, 0.1) is 0 Å². The lowest BCUT2D eigenvalue weighted by atomic mass is 9.99. The van der Waals surface area contributed by atoms with Gasteiger partial charge in [0.15, 0.2) is 0 Å². The van der Waals surface area contributed by atoms with Crippen LogP contribution in [0.15, 0.2) is 24.3 Å². The van der Waals surface area contributed by atoms with E-state index >= 15 is 0 Å². The summed E-state index contributed by atoms with van der Waals surface area (Å²) in [5.41, 5.74) is 2.11. The van der Waals surface area contributed by atoms with Gasteiger partial charge in [-0.1, -0.05) is 38.1 Å². The van der Waals surface area contributed by atoms with Crippen molar-refractivity contribution in [2.75, 3.05) is 13.1 Å². The molecule has 1 aromatic rings. The average Bonchev–Trinajstić information content (AvgIpc) is 2.36. The molecule has 1 rings (SSSR count). The highest BCUT2D eigenvalue weighted by Crippen LogP contribution is 2.22. The Morgan fingerprint density at radius 3 is 1.70 bits per heavy atom. The van der Waals surface area contributed by atoms with E-state index in [9.17, 15) is 9.59 Å². The highest BCUT2D eigenvalue weighted by atomic mass is 16.4. The largest absolute Gasteiger partial charge is 0.480 e. The van der Waals surface area contributed by atoms with Gasteiger partial charge in [0, 0.05) is 6.04 Å². The summed E-state index contributed by atoms with van der Waals surface area (Å²) in [6, 6.07) is 7.59. The van der Waals surface area contributed by atoms with Crippen molar-refractivity contribution < 1.29 is 19.8 Å². The Hall–Kier alpha value is -1.88. The fourth-order valence-electron chi connectivity index (χ4n) is 2.05. The second-order valence-electron chi connectivity index (χ2n) is 5.19. The number of rotatable bonds is 7. The monoisotopic (exact) mass is 279 g/mol. The van der Waals surface area contributed by atoms with Crippen LogP contribution in [0.4, 0.5) is 0 Å². The lowest BCUT2D eigenvalue weighted by molar-refractivity contribution is -0.142. The molecule has 0 aromatic heterocycles. The number of hydrogen-bond acceptors (Lipinski definition) is 3. The van der Waals surface area contributed by atoms with Gasteiger partial charge in [-0.2, -0.15) is 0 Å². The Labute approximate surface area is 118 Å². The number of aliphatic carboxylic acids is 2. The summed E-state index contributed by atoms with van der Waals surface area (Å²) in [5, 5.41) is 17.7. The minimum absolute atomic E-state index is 0.261. The van der Waals surface area contributed by atoms with Gasteiger partial charge in [0.05, 0.1) is 13.1 Å². The van der Waals surface area contributed by atoms with Crippen LogP contribution in [0.1, 0.15) is 43.9 Å². The highest BCUT2D eigenvalue weighted by Gasteiger charge is 2.21. The summed E-state index contributed by atoms with van der Waals surface area (Å²) in [7, 11) is 0. The fourth-order valence-corrected chi connectivity index (χ4v) is 2.05. The number of carbonyl (C=O) groups is 2. The van der Waals surface area contributed by atoms with E-state index in [2.05, 4.69) is 13.8 Å². The third kappa shape index (κ3) is 4.66. The van der Waals surface area contributed by atoms with Gasteiger partial charge in [-0.05, 0) is 24.0 Å². The molecule has 5 nitrogen and oxygen atoms in total. The smallest absolute Gasteiger partial charge is 0.317 e. The van der Waals surface area contributed by atoms with E-state index in [0.29, 0.717) is 5.92 Å². The zero-order valence-corrected chi connectivity index (χ0v) is 12.0. The number of carboxylic acid groups (broad SMARTS) is 2. The number of hydrogen-bond donors (Lipinski definition) is 2. The van der Waals surface area contributed by atoms with Crippen LogP contribution >= 0.6 is 0 Å². The first-order chi connectivity index (χ1) is 9.31. The van der Waals surface area contributed by atoms with Gasteiger partial charge >= 0.3 is 11.9 Å². The summed E-state index contributed by atoms with van der Waals surface area (Å²) in [4.78, 5) is 23.1. The maximum atomic E-state index is 10.8. The molecule has 1 atom stereocenters. The molecular formula is C15H21NO4. The van der Waals surface area contributed by atoms with Gasteiger partial charge in [0.1, 0.15) is 0 Å². The summed E-state index contributed by atoms with van der Waals surface area (Å²) in [5.74, 6) is -1.64. The molecule has 1 aromatic carbocycles. The van der Waals surface area contributed by atoms with Crippen molar-refractivity contribution in [1.29, 1.82) is 0 Å². The molecule has 0 spiro atoms. The number of carboxylic acids is 2. The van der Waals surface area contributed by atoms with Crippen molar-refractivity contribution in [3.8, 4) is 0 Å². The third-order valence-electron chi connectivity index (χ3n) is 3.31. The van der Waals surface area contributed by atoms with Crippen LogP contribution in [-0.4, -0.2) is 40.1 Å². The Balaban J connectivity index is 2.89. The molecule has 0 aliphatic heterocycles. The minimum atomic E-state index is -1.03. The normalized spacial score (nSPS) is 12.7. The van der Waals surface area contributed by atoms with Gasteiger partial charge in [-0.3, -0.25) is 14.5 Å². The topological polar surface area (TPSA) is 77.8 Å². The predicted octanol–water partition coefficient (Wildman–Crippen LogP) is 2.34. The summed E-state index contributed by atoms with van der Waals surface area (Å²) in [6.07, 6.45) is 0. The quantitative estimate of drug-likeness (QED) is 0.801. The SMILES string of the molecule is CC(C)c1ccc(C(C)N(CC(=O)O)CC(=O)O)cc1. The van der Waals surface area contributed by atoms with Crippen molar-refractivity contribution in [3.05, 3.63) is 35.4 Å². The van der Waals surface area contributed by atoms with Gasteiger partial charge < -0.3 is 10.2 Å². The van der Waals surface area contributed by atoms with Crippen LogP contribution in [0.5, 0.6) is 0 Å². The predicted molar refractivity (Wildman–Crippen MR) is 75.8 cm³/mol. The Bertz CT molecular complexity index is 451. The molecule has 0 aliphatic rings. The standard InChI is InChI=1S/C15H21NO4/c1-10(2)12-4-6-13(7-5-12)11(3)16(8-14(17)18)9-15(19)20/h4-7,10-11H,8-9H2,1-3H3,(H,17,18)(H,19,20). The molecule has 0 radical (unpaired) electrons.